The predicted octanol–water partition coefficient (Wildman–Crippen LogP) is 4.80. The van der Waals surface area contributed by atoms with Crippen molar-refractivity contribution in [3.05, 3.63) is 69.2 Å². The van der Waals surface area contributed by atoms with Crippen LogP contribution in [0.3, 0.4) is 0 Å². The van der Waals surface area contributed by atoms with Crippen LogP contribution in [0.4, 0.5) is 0 Å². The monoisotopic (exact) mass is 399 g/mol. The van der Waals surface area contributed by atoms with Crippen molar-refractivity contribution in [1.82, 2.24) is 4.90 Å². The van der Waals surface area contributed by atoms with E-state index in [1.807, 2.05) is 55.1 Å². The number of carbonyl (C=O) groups excluding carboxylic acids is 2. The normalized spacial score (nSPS) is 15.2. The van der Waals surface area contributed by atoms with Gasteiger partial charge in [-0.15, -0.1) is 0 Å². The third-order valence-electron chi connectivity index (χ3n) is 4.89. The van der Waals surface area contributed by atoms with E-state index in [9.17, 15) is 9.59 Å². The number of hydrogen-bond acceptors (Lipinski definition) is 2. The van der Waals surface area contributed by atoms with Crippen LogP contribution in [0.15, 0.2) is 46.9 Å². The van der Waals surface area contributed by atoms with Crippen LogP contribution in [0.25, 0.3) is 0 Å². The number of halogens is 1. The van der Waals surface area contributed by atoms with Crippen molar-refractivity contribution in [3.8, 4) is 0 Å². The second-order valence-corrected chi connectivity index (χ2v) is 7.67. The fourth-order valence-corrected chi connectivity index (χ4v) is 3.69. The van der Waals surface area contributed by atoms with Crippen molar-refractivity contribution in [3.63, 3.8) is 0 Å². The molecule has 0 N–H and O–H groups in total. The van der Waals surface area contributed by atoms with E-state index in [4.69, 9.17) is 0 Å². The molecule has 0 atom stereocenters. The molecule has 1 heterocycles. The molecule has 1 aliphatic rings. The Morgan fingerprint density at radius 1 is 1.00 bits per heavy atom. The lowest BCUT2D eigenvalue weighted by Crippen LogP contribution is -2.40. The second-order valence-electron chi connectivity index (χ2n) is 6.76. The summed E-state index contributed by atoms with van der Waals surface area (Å²) in [5.74, 6) is 0.272. The summed E-state index contributed by atoms with van der Waals surface area (Å²) in [5, 5.41) is 0. The minimum absolute atomic E-state index is 0.00961. The summed E-state index contributed by atoms with van der Waals surface area (Å²) >= 11 is 3.38. The molecule has 3 nitrogen and oxygen atoms in total. The first-order valence-electron chi connectivity index (χ1n) is 8.62. The van der Waals surface area contributed by atoms with Gasteiger partial charge in [-0.1, -0.05) is 39.7 Å². The van der Waals surface area contributed by atoms with E-state index in [2.05, 4.69) is 22.0 Å². The molecule has 3 rings (SSSR count). The Balaban J connectivity index is 1.64. The number of benzene rings is 2. The van der Waals surface area contributed by atoms with Crippen molar-refractivity contribution < 1.29 is 9.59 Å². The summed E-state index contributed by atoms with van der Waals surface area (Å²) in [6.45, 7) is 5.30. The largest absolute Gasteiger partial charge is 0.339 e. The van der Waals surface area contributed by atoms with E-state index in [-0.39, 0.29) is 17.6 Å². The van der Waals surface area contributed by atoms with Crippen LogP contribution in [0.2, 0.25) is 0 Å². The van der Waals surface area contributed by atoms with Gasteiger partial charge in [0.2, 0.25) is 0 Å². The van der Waals surface area contributed by atoms with Crippen molar-refractivity contribution in [2.75, 3.05) is 13.1 Å². The van der Waals surface area contributed by atoms with Crippen LogP contribution < -0.4 is 0 Å². The smallest absolute Gasteiger partial charge is 0.253 e. The van der Waals surface area contributed by atoms with Gasteiger partial charge in [-0.3, -0.25) is 9.59 Å². The van der Waals surface area contributed by atoms with E-state index in [1.165, 1.54) is 5.56 Å². The zero-order valence-electron chi connectivity index (χ0n) is 14.6. The Kier molecular flexibility index (Phi) is 5.38. The van der Waals surface area contributed by atoms with Gasteiger partial charge >= 0.3 is 0 Å². The number of piperidine rings is 1. The van der Waals surface area contributed by atoms with Crippen molar-refractivity contribution >= 4 is 27.6 Å². The molecule has 1 amide bonds. The standard InChI is InChI=1S/C21H22BrNO2/c1-14-3-8-19(15(2)13-14)20(24)16-9-11-23(12-10-16)21(25)17-4-6-18(22)7-5-17/h3-8,13,16H,9-12H2,1-2H3. The highest BCUT2D eigenvalue weighted by Gasteiger charge is 2.29. The van der Waals surface area contributed by atoms with E-state index in [1.54, 1.807) is 0 Å². The molecule has 1 fully saturated rings. The molecule has 2 aromatic carbocycles. The highest BCUT2D eigenvalue weighted by Crippen LogP contribution is 2.25. The zero-order valence-corrected chi connectivity index (χ0v) is 16.2. The molecular weight excluding hydrogens is 378 g/mol. The van der Waals surface area contributed by atoms with Gasteiger partial charge in [-0.25, -0.2) is 0 Å². The van der Waals surface area contributed by atoms with Gasteiger partial charge in [-0.05, 0) is 56.5 Å². The van der Waals surface area contributed by atoms with Crippen LogP contribution in [0.5, 0.6) is 0 Å². The number of hydrogen-bond donors (Lipinski definition) is 0. The summed E-state index contributed by atoms with van der Waals surface area (Å²) in [6.07, 6.45) is 1.46. The molecule has 0 aromatic heterocycles. The van der Waals surface area contributed by atoms with Gasteiger partial charge in [0, 0.05) is 34.6 Å². The molecule has 0 spiro atoms. The molecule has 130 valence electrons. The average molecular weight is 400 g/mol. The third kappa shape index (κ3) is 4.01. The summed E-state index contributed by atoms with van der Waals surface area (Å²) in [7, 11) is 0. The molecule has 25 heavy (non-hydrogen) atoms. The number of rotatable bonds is 3. The van der Waals surface area contributed by atoms with Gasteiger partial charge in [-0.2, -0.15) is 0 Å². The lowest BCUT2D eigenvalue weighted by Gasteiger charge is -2.31. The summed E-state index contributed by atoms with van der Waals surface area (Å²) in [5.41, 5.74) is 3.73. The molecule has 0 aliphatic carbocycles. The molecule has 0 bridgehead atoms. The number of carbonyl (C=O) groups is 2. The predicted molar refractivity (Wildman–Crippen MR) is 103 cm³/mol. The maximum atomic E-state index is 12.8. The Morgan fingerprint density at radius 2 is 1.64 bits per heavy atom. The van der Waals surface area contributed by atoms with Crippen molar-refractivity contribution in [2.24, 2.45) is 5.92 Å². The van der Waals surface area contributed by atoms with Crippen molar-refractivity contribution in [1.29, 1.82) is 0 Å². The van der Waals surface area contributed by atoms with Crippen LogP contribution in [-0.4, -0.2) is 29.7 Å². The van der Waals surface area contributed by atoms with Gasteiger partial charge in [0.1, 0.15) is 0 Å². The SMILES string of the molecule is Cc1ccc(C(=O)C2CCN(C(=O)c3ccc(Br)cc3)CC2)c(C)c1. The lowest BCUT2D eigenvalue weighted by molar-refractivity contribution is 0.0650. The van der Waals surface area contributed by atoms with Gasteiger partial charge in [0.15, 0.2) is 5.78 Å². The fraction of sp³-hybridized carbons (Fsp3) is 0.333. The molecule has 1 aliphatic heterocycles. The summed E-state index contributed by atoms with van der Waals surface area (Å²) in [6, 6.07) is 13.4. The van der Waals surface area contributed by atoms with E-state index in [0.29, 0.717) is 18.7 Å². The quantitative estimate of drug-likeness (QED) is 0.694. The van der Waals surface area contributed by atoms with Crippen LogP contribution in [-0.2, 0) is 0 Å². The van der Waals surface area contributed by atoms with Gasteiger partial charge in [0.25, 0.3) is 5.91 Å². The summed E-state index contributed by atoms with van der Waals surface area (Å²) in [4.78, 5) is 27.2. The molecular formula is C21H22BrNO2. The molecule has 2 aromatic rings. The molecule has 1 saturated heterocycles. The Bertz CT molecular complexity index is 790. The maximum Gasteiger partial charge on any atom is 0.253 e. The second kappa shape index (κ2) is 7.52. The maximum absolute atomic E-state index is 12.8. The number of likely N-dealkylation sites (tertiary alicyclic amines) is 1. The Labute approximate surface area is 157 Å². The Morgan fingerprint density at radius 3 is 2.24 bits per heavy atom. The van der Waals surface area contributed by atoms with E-state index in [0.717, 1.165) is 28.4 Å². The molecule has 0 radical (unpaired) electrons. The molecule has 0 unspecified atom stereocenters. The van der Waals surface area contributed by atoms with E-state index < -0.39 is 0 Å². The fourth-order valence-electron chi connectivity index (χ4n) is 3.43. The van der Waals surface area contributed by atoms with Crippen LogP contribution >= 0.6 is 15.9 Å². The number of Topliss-reactive ketones (excluding diaryl/α,β-unsaturated/α-hetero) is 1. The number of nitrogens with zero attached hydrogens (tertiary/aromatic N) is 1. The molecule has 4 heteroatoms. The van der Waals surface area contributed by atoms with Gasteiger partial charge in [0.05, 0.1) is 0 Å². The van der Waals surface area contributed by atoms with Crippen LogP contribution in [0, 0.1) is 19.8 Å². The highest BCUT2D eigenvalue weighted by atomic mass is 79.9. The van der Waals surface area contributed by atoms with Crippen molar-refractivity contribution in [2.45, 2.75) is 26.7 Å². The zero-order chi connectivity index (χ0) is 18.0. The lowest BCUT2D eigenvalue weighted by atomic mass is 9.87. The highest BCUT2D eigenvalue weighted by molar-refractivity contribution is 9.10. The third-order valence-corrected chi connectivity index (χ3v) is 5.42. The Hall–Kier alpha value is -1.94. The number of amides is 1. The number of aryl methyl sites for hydroxylation is 2. The average Bonchev–Trinajstić information content (AvgIpc) is 2.61. The topological polar surface area (TPSA) is 37.4 Å². The number of ketones is 1. The van der Waals surface area contributed by atoms with Gasteiger partial charge < -0.3 is 4.90 Å². The minimum atomic E-state index is 0.00961. The first-order chi connectivity index (χ1) is 12.0. The molecule has 0 saturated carbocycles. The van der Waals surface area contributed by atoms with E-state index >= 15 is 0 Å². The summed E-state index contributed by atoms with van der Waals surface area (Å²) < 4.78 is 0.960. The minimum Gasteiger partial charge on any atom is -0.339 e. The van der Waals surface area contributed by atoms with Crippen LogP contribution in [0.1, 0.15) is 44.7 Å². The first kappa shape index (κ1) is 17.9. The first-order valence-corrected chi connectivity index (χ1v) is 9.41.